The van der Waals surface area contributed by atoms with E-state index in [9.17, 15) is 32.3 Å². The smallest absolute Gasteiger partial charge is 0.368 e. The summed E-state index contributed by atoms with van der Waals surface area (Å²) in [5.41, 5.74) is 5.72. The number of thiazole rings is 1. The van der Waals surface area contributed by atoms with Crippen LogP contribution in [0.1, 0.15) is 70.2 Å². The molecule has 2 aromatic rings. The van der Waals surface area contributed by atoms with Crippen molar-refractivity contribution in [1.82, 2.24) is 25.7 Å². The molecule has 2 aromatic heterocycles. The van der Waals surface area contributed by atoms with Gasteiger partial charge in [-0.3, -0.25) is 29.9 Å². The van der Waals surface area contributed by atoms with Gasteiger partial charge in [-0.25, -0.2) is 15.3 Å². The van der Waals surface area contributed by atoms with E-state index in [4.69, 9.17) is 10.9 Å². The average molecular weight is 628 g/mol. The number of halogens is 3. The Hall–Kier alpha value is -3.79. The Balaban J connectivity index is 1.60. The Kier molecular flexibility index (Phi) is 11.1. The Bertz CT molecular complexity index is 1330. The third-order valence-electron chi connectivity index (χ3n) is 7.32. The van der Waals surface area contributed by atoms with Crippen LogP contribution < -0.4 is 21.8 Å². The maximum Gasteiger partial charge on any atom is 0.399 e. The van der Waals surface area contributed by atoms with Gasteiger partial charge < -0.3 is 16.0 Å². The molecule has 1 aliphatic rings. The lowest BCUT2D eigenvalue weighted by atomic mass is 9.87. The lowest BCUT2D eigenvalue weighted by Crippen LogP contribution is -2.46. The molecule has 3 rings (SSSR count). The van der Waals surface area contributed by atoms with E-state index >= 15 is 0 Å². The van der Waals surface area contributed by atoms with Gasteiger partial charge in [-0.1, -0.05) is 24.2 Å². The van der Waals surface area contributed by atoms with Crippen molar-refractivity contribution in [3.05, 3.63) is 29.7 Å². The zero-order valence-corrected chi connectivity index (χ0v) is 24.9. The van der Waals surface area contributed by atoms with Gasteiger partial charge >= 0.3 is 12.2 Å². The van der Waals surface area contributed by atoms with Crippen LogP contribution in [0.4, 0.5) is 23.1 Å². The summed E-state index contributed by atoms with van der Waals surface area (Å²) in [7, 11) is 0. The molecule has 1 fully saturated rings. The highest BCUT2D eigenvalue weighted by Crippen LogP contribution is 2.41. The number of carbonyl (C=O) groups is 4. The summed E-state index contributed by atoms with van der Waals surface area (Å²) >= 11 is 1.07. The van der Waals surface area contributed by atoms with Crippen molar-refractivity contribution in [1.29, 1.82) is 0 Å². The highest BCUT2D eigenvalue weighted by atomic mass is 32.1. The molecule has 5 amide bonds. The van der Waals surface area contributed by atoms with Gasteiger partial charge in [0, 0.05) is 31.6 Å². The first-order chi connectivity index (χ1) is 20.1. The summed E-state index contributed by atoms with van der Waals surface area (Å²) < 4.78 is 40.7. The zero-order valence-electron chi connectivity index (χ0n) is 24.1. The van der Waals surface area contributed by atoms with Crippen LogP contribution in [0, 0.1) is 6.92 Å². The number of hydrogen-bond acceptors (Lipinski definition) is 8. The molecule has 2 atom stereocenters. The van der Waals surface area contributed by atoms with E-state index in [-0.39, 0.29) is 42.5 Å². The van der Waals surface area contributed by atoms with Crippen LogP contribution in [-0.4, -0.2) is 68.6 Å². The summed E-state index contributed by atoms with van der Waals surface area (Å²) in [4.78, 5) is 58.7. The van der Waals surface area contributed by atoms with Crippen LogP contribution in [0.2, 0.25) is 0 Å². The second kappa shape index (κ2) is 14.1. The zero-order chi connectivity index (χ0) is 31.9. The van der Waals surface area contributed by atoms with Gasteiger partial charge in [-0.2, -0.15) is 13.2 Å². The summed E-state index contributed by atoms with van der Waals surface area (Å²) in [6.07, 6.45) is -0.0436. The number of nitrogens with zero attached hydrogens (tertiary/aromatic N) is 3. The molecule has 0 unspecified atom stereocenters. The molecular formula is C27H36F3N7O5S. The number of unbranched alkanes of at least 4 members (excludes halogenated alkanes) is 3. The summed E-state index contributed by atoms with van der Waals surface area (Å²) in [5, 5.41) is 14.1. The minimum Gasteiger partial charge on any atom is -0.368 e. The van der Waals surface area contributed by atoms with Crippen LogP contribution in [0.25, 0.3) is 10.4 Å². The Morgan fingerprint density at radius 1 is 1.12 bits per heavy atom. The first kappa shape index (κ1) is 33.7. The molecule has 0 bridgehead atoms. The molecule has 12 nitrogen and oxygen atoms in total. The molecule has 6 N–H and O–H groups in total. The molecule has 0 saturated carbocycles. The number of pyridine rings is 1. The predicted octanol–water partition coefficient (Wildman–Crippen LogP) is 3.78. The monoisotopic (exact) mass is 627 g/mol. The predicted molar refractivity (Wildman–Crippen MR) is 152 cm³/mol. The number of likely N-dealkylation sites (tertiary alicyclic amines) is 1. The second-order valence-electron chi connectivity index (χ2n) is 10.9. The maximum absolute atomic E-state index is 13.6. The molecule has 1 saturated heterocycles. The molecule has 0 spiro atoms. The van der Waals surface area contributed by atoms with Gasteiger partial charge in [-0.15, -0.1) is 0 Å². The third kappa shape index (κ3) is 8.63. The van der Waals surface area contributed by atoms with Gasteiger partial charge in [0.15, 0.2) is 5.13 Å². The number of amides is 5. The number of carbonyl (C=O) groups excluding carboxylic acids is 4. The number of alkyl halides is 3. The molecule has 43 heavy (non-hydrogen) atoms. The van der Waals surface area contributed by atoms with Crippen LogP contribution in [-0.2, 0) is 19.8 Å². The maximum atomic E-state index is 13.6. The highest BCUT2D eigenvalue weighted by molar-refractivity contribution is 7.19. The molecule has 0 radical (unpaired) electrons. The minimum absolute atomic E-state index is 0.0406. The highest BCUT2D eigenvalue weighted by Gasteiger charge is 2.49. The van der Waals surface area contributed by atoms with Gasteiger partial charge in [-0.05, 0) is 57.7 Å². The third-order valence-corrected chi connectivity index (χ3v) is 8.44. The summed E-state index contributed by atoms with van der Waals surface area (Å²) in [6, 6.07) is 0.808. The lowest BCUT2D eigenvalue weighted by molar-refractivity contribution is -0.181. The van der Waals surface area contributed by atoms with Crippen LogP contribution >= 0.6 is 11.3 Å². The Morgan fingerprint density at radius 3 is 2.37 bits per heavy atom. The van der Waals surface area contributed by atoms with Crippen molar-refractivity contribution in [2.45, 2.75) is 89.4 Å². The van der Waals surface area contributed by atoms with E-state index in [0.717, 1.165) is 25.2 Å². The number of urea groups is 1. The number of primary amides is 1. The van der Waals surface area contributed by atoms with Crippen LogP contribution in [0.5, 0.6) is 0 Å². The number of aromatic nitrogens is 2. The molecule has 16 heteroatoms. The number of hydroxylamine groups is 1. The lowest BCUT2D eigenvalue weighted by Gasteiger charge is -2.27. The van der Waals surface area contributed by atoms with Crippen LogP contribution in [0.3, 0.4) is 0 Å². The van der Waals surface area contributed by atoms with Crippen molar-refractivity contribution in [3.63, 3.8) is 0 Å². The van der Waals surface area contributed by atoms with E-state index in [1.165, 1.54) is 17.2 Å². The number of anilines is 1. The number of nitrogens with two attached hydrogens (primary N) is 1. The number of aryl methyl sites for hydroxylation is 1. The van der Waals surface area contributed by atoms with Crippen molar-refractivity contribution in [3.8, 4) is 10.4 Å². The van der Waals surface area contributed by atoms with Crippen molar-refractivity contribution < 1.29 is 37.6 Å². The van der Waals surface area contributed by atoms with E-state index in [0.29, 0.717) is 41.8 Å². The van der Waals surface area contributed by atoms with E-state index in [1.54, 1.807) is 18.5 Å². The van der Waals surface area contributed by atoms with E-state index < -0.39 is 41.5 Å². The van der Waals surface area contributed by atoms with E-state index in [2.05, 4.69) is 20.6 Å². The fraction of sp³-hybridized carbons (Fsp3) is 0.556. The van der Waals surface area contributed by atoms with Gasteiger partial charge in [0.1, 0.15) is 11.5 Å². The number of rotatable bonds is 12. The second-order valence-corrected chi connectivity index (χ2v) is 11.9. The number of hydrogen-bond donors (Lipinski definition) is 5. The van der Waals surface area contributed by atoms with E-state index in [1.807, 2.05) is 0 Å². The van der Waals surface area contributed by atoms with Gasteiger partial charge in [0.2, 0.25) is 17.7 Å². The normalized spacial score (nSPS) is 17.0. The SMILES string of the molecule is Cc1nc(NC(=O)N2C[C@H](NC(=O)CCCCCCC(=O)NO)C[C@H]2C(N)=O)sc1-c1ccnc(C(C)(C)C(F)(F)F)c1. The van der Waals surface area contributed by atoms with Crippen molar-refractivity contribution in [2.24, 2.45) is 5.73 Å². The van der Waals surface area contributed by atoms with Gasteiger partial charge in [0.25, 0.3) is 0 Å². The van der Waals surface area contributed by atoms with Crippen LogP contribution in [0.15, 0.2) is 18.3 Å². The minimum atomic E-state index is -4.51. The van der Waals surface area contributed by atoms with Crippen molar-refractivity contribution >= 4 is 40.2 Å². The molecule has 1 aliphatic heterocycles. The largest absolute Gasteiger partial charge is 0.399 e. The first-order valence-corrected chi connectivity index (χ1v) is 14.6. The fourth-order valence-electron chi connectivity index (χ4n) is 4.65. The Morgan fingerprint density at radius 2 is 1.77 bits per heavy atom. The first-order valence-electron chi connectivity index (χ1n) is 13.7. The molecule has 236 valence electrons. The molecule has 0 aromatic carbocycles. The molecule has 0 aliphatic carbocycles. The van der Waals surface area contributed by atoms with Crippen molar-refractivity contribution in [2.75, 3.05) is 11.9 Å². The fourth-order valence-corrected chi connectivity index (χ4v) is 5.61. The Labute approximate surface area is 250 Å². The molecular weight excluding hydrogens is 591 g/mol. The quantitative estimate of drug-likeness (QED) is 0.135. The standard InChI is InChI=1S/C27H36F3N7O5S/c1-15-22(16-10-11-32-19(12-16)26(2,3)27(28,29)30)43-24(33-15)35-25(41)37-14-17(13-18(37)23(31)40)34-20(38)8-6-4-5-7-9-21(39)36-42/h10-12,17-18,42H,4-9,13-14H2,1-3H3,(H2,31,40)(H,34,38)(H,36,39)(H,33,35,41)/t17-,18+/m1/s1. The average Bonchev–Trinajstić information content (AvgIpc) is 3.53. The number of nitrogens with one attached hydrogen (secondary N) is 3. The molecule has 3 heterocycles. The summed E-state index contributed by atoms with van der Waals surface area (Å²) in [6.45, 7) is 3.81. The topological polar surface area (TPSA) is 180 Å². The summed E-state index contributed by atoms with van der Waals surface area (Å²) in [5.74, 6) is -1.43. The van der Waals surface area contributed by atoms with Gasteiger partial charge in [0.05, 0.1) is 16.3 Å².